The molecule has 0 saturated carbocycles. The summed E-state index contributed by atoms with van der Waals surface area (Å²) in [5.41, 5.74) is 1.99. The second-order valence-electron chi connectivity index (χ2n) is 4.44. The van der Waals surface area contributed by atoms with Crippen LogP contribution >= 0.6 is 11.6 Å². The number of carbonyl (C=O) groups excluding carboxylic acids is 2. The van der Waals surface area contributed by atoms with Gasteiger partial charge in [0.05, 0.1) is 6.54 Å². The van der Waals surface area contributed by atoms with E-state index in [-0.39, 0.29) is 18.4 Å². The summed E-state index contributed by atoms with van der Waals surface area (Å²) in [6, 6.07) is 5.76. The quantitative estimate of drug-likeness (QED) is 0.882. The third kappa shape index (κ3) is 3.01. The van der Waals surface area contributed by atoms with Crippen LogP contribution in [0, 0.1) is 6.92 Å². The highest BCUT2D eigenvalue weighted by Gasteiger charge is 2.20. The van der Waals surface area contributed by atoms with E-state index < -0.39 is 0 Å². The highest BCUT2D eigenvalue weighted by molar-refractivity contribution is 6.31. The Hall–Kier alpha value is -1.55. The van der Waals surface area contributed by atoms with Gasteiger partial charge in [-0.2, -0.15) is 0 Å². The zero-order valence-corrected chi connectivity index (χ0v) is 11.0. The fourth-order valence-corrected chi connectivity index (χ4v) is 2.18. The van der Waals surface area contributed by atoms with Gasteiger partial charge in [-0.15, -0.1) is 0 Å². The van der Waals surface area contributed by atoms with Crippen LogP contribution in [0.4, 0.5) is 0 Å². The van der Waals surface area contributed by atoms with Crippen LogP contribution in [0.2, 0.25) is 5.02 Å². The van der Waals surface area contributed by atoms with Gasteiger partial charge in [0.2, 0.25) is 11.8 Å². The molecule has 96 valence electrons. The Kier molecular flexibility index (Phi) is 3.87. The maximum atomic E-state index is 11.8. The number of nitrogens with zero attached hydrogens (tertiary/aromatic N) is 1. The number of carbonyl (C=O) groups is 2. The molecule has 1 aliphatic rings. The number of hydrogen-bond donors (Lipinski definition) is 1. The molecule has 1 aliphatic heterocycles. The van der Waals surface area contributed by atoms with Gasteiger partial charge in [-0.25, -0.2) is 0 Å². The van der Waals surface area contributed by atoms with Crippen molar-refractivity contribution in [1.29, 1.82) is 0 Å². The van der Waals surface area contributed by atoms with E-state index in [0.29, 0.717) is 24.5 Å². The molecule has 0 aliphatic carbocycles. The second-order valence-corrected chi connectivity index (χ2v) is 4.84. The monoisotopic (exact) mass is 266 g/mol. The zero-order chi connectivity index (χ0) is 13.1. The van der Waals surface area contributed by atoms with E-state index in [1.807, 2.05) is 25.1 Å². The van der Waals surface area contributed by atoms with E-state index in [1.165, 1.54) is 0 Å². The van der Waals surface area contributed by atoms with Gasteiger partial charge in [-0.3, -0.25) is 9.59 Å². The number of rotatable bonds is 2. The molecule has 5 heteroatoms. The van der Waals surface area contributed by atoms with Crippen molar-refractivity contribution in [2.24, 2.45) is 0 Å². The second kappa shape index (κ2) is 5.40. The van der Waals surface area contributed by atoms with Gasteiger partial charge < -0.3 is 10.2 Å². The van der Waals surface area contributed by atoms with Crippen LogP contribution in [-0.2, 0) is 16.1 Å². The Labute approximate surface area is 111 Å². The Morgan fingerprint density at radius 3 is 2.89 bits per heavy atom. The van der Waals surface area contributed by atoms with Gasteiger partial charge in [-0.05, 0) is 24.1 Å². The molecule has 1 aromatic rings. The molecule has 1 aromatic carbocycles. The first-order chi connectivity index (χ1) is 8.56. The largest absolute Gasteiger partial charge is 0.347 e. The summed E-state index contributed by atoms with van der Waals surface area (Å²) in [6.07, 6.45) is 0.342. The van der Waals surface area contributed by atoms with Crippen LogP contribution < -0.4 is 5.32 Å². The average Bonchev–Trinajstić information content (AvgIpc) is 2.47. The van der Waals surface area contributed by atoms with Gasteiger partial charge >= 0.3 is 0 Å². The van der Waals surface area contributed by atoms with Crippen LogP contribution in [0.3, 0.4) is 0 Å². The summed E-state index contributed by atoms with van der Waals surface area (Å²) in [5.74, 6) is -0.154. The number of halogens is 1. The summed E-state index contributed by atoms with van der Waals surface area (Å²) < 4.78 is 0. The molecular weight excluding hydrogens is 252 g/mol. The van der Waals surface area contributed by atoms with E-state index in [1.54, 1.807) is 4.90 Å². The molecule has 2 rings (SSSR count). The zero-order valence-electron chi connectivity index (χ0n) is 10.2. The van der Waals surface area contributed by atoms with Crippen LogP contribution in [0.5, 0.6) is 0 Å². The maximum Gasteiger partial charge on any atom is 0.242 e. The molecule has 4 nitrogen and oxygen atoms in total. The molecule has 18 heavy (non-hydrogen) atoms. The number of nitrogens with one attached hydrogen (secondary N) is 1. The van der Waals surface area contributed by atoms with Gasteiger partial charge in [0.1, 0.15) is 0 Å². The first kappa shape index (κ1) is 12.9. The SMILES string of the molecule is Cc1ccc(CN2CCC(=O)NCC2=O)c(Cl)c1. The van der Waals surface area contributed by atoms with Gasteiger partial charge in [0.25, 0.3) is 0 Å². The topological polar surface area (TPSA) is 49.4 Å². The van der Waals surface area contributed by atoms with Crippen molar-refractivity contribution in [2.45, 2.75) is 19.9 Å². The normalized spacial score (nSPS) is 16.4. The summed E-state index contributed by atoms with van der Waals surface area (Å²) in [6.45, 7) is 2.93. The fourth-order valence-electron chi connectivity index (χ4n) is 1.89. The Bertz CT molecular complexity index is 488. The van der Waals surface area contributed by atoms with Crippen molar-refractivity contribution >= 4 is 23.4 Å². The lowest BCUT2D eigenvalue weighted by molar-refractivity contribution is -0.130. The molecule has 1 fully saturated rings. The molecule has 1 heterocycles. The van der Waals surface area contributed by atoms with Crippen molar-refractivity contribution in [3.63, 3.8) is 0 Å². The van der Waals surface area contributed by atoms with Gasteiger partial charge in [0, 0.05) is 24.5 Å². The number of benzene rings is 1. The van der Waals surface area contributed by atoms with Crippen LogP contribution in [0.1, 0.15) is 17.5 Å². The van der Waals surface area contributed by atoms with Crippen molar-refractivity contribution in [2.75, 3.05) is 13.1 Å². The minimum atomic E-state index is -0.0825. The first-order valence-corrected chi connectivity index (χ1v) is 6.23. The lowest BCUT2D eigenvalue weighted by Gasteiger charge is -2.20. The molecule has 2 amide bonds. The molecule has 0 aromatic heterocycles. The Morgan fingerprint density at radius 1 is 1.39 bits per heavy atom. The van der Waals surface area contributed by atoms with E-state index in [4.69, 9.17) is 11.6 Å². The predicted molar refractivity (Wildman–Crippen MR) is 69.2 cm³/mol. The summed E-state index contributed by atoms with van der Waals surface area (Å²) in [7, 11) is 0. The lowest BCUT2D eigenvalue weighted by Crippen LogP contribution is -2.34. The summed E-state index contributed by atoms with van der Waals surface area (Å²) in [4.78, 5) is 24.7. The van der Waals surface area contributed by atoms with Crippen LogP contribution in [-0.4, -0.2) is 29.8 Å². The van der Waals surface area contributed by atoms with Crippen molar-refractivity contribution < 1.29 is 9.59 Å². The fraction of sp³-hybridized carbons (Fsp3) is 0.385. The highest BCUT2D eigenvalue weighted by Crippen LogP contribution is 2.19. The lowest BCUT2D eigenvalue weighted by atomic mass is 10.1. The molecule has 0 atom stereocenters. The van der Waals surface area contributed by atoms with Crippen LogP contribution in [0.15, 0.2) is 18.2 Å². The molecular formula is C13H15ClN2O2. The molecule has 0 spiro atoms. The number of aryl methyl sites for hydroxylation is 1. The smallest absolute Gasteiger partial charge is 0.242 e. The van der Waals surface area contributed by atoms with Crippen molar-refractivity contribution in [3.8, 4) is 0 Å². The van der Waals surface area contributed by atoms with E-state index in [9.17, 15) is 9.59 Å². The number of hydrogen-bond acceptors (Lipinski definition) is 2. The van der Waals surface area contributed by atoms with Crippen molar-refractivity contribution in [1.82, 2.24) is 10.2 Å². The summed E-state index contributed by atoms with van der Waals surface area (Å²) in [5, 5.41) is 3.23. The summed E-state index contributed by atoms with van der Waals surface area (Å²) >= 11 is 6.15. The van der Waals surface area contributed by atoms with Gasteiger partial charge in [-0.1, -0.05) is 23.7 Å². The standard InChI is InChI=1S/C13H15ClN2O2/c1-9-2-3-10(11(14)6-9)8-16-5-4-12(17)15-7-13(16)18/h2-3,6H,4-5,7-8H2,1H3,(H,15,17). The number of amides is 2. The highest BCUT2D eigenvalue weighted by atomic mass is 35.5. The molecule has 0 bridgehead atoms. The van der Waals surface area contributed by atoms with Crippen molar-refractivity contribution in [3.05, 3.63) is 34.3 Å². The van der Waals surface area contributed by atoms with E-state index >= 15 is 0 Å². The van der Waals surface area contributed by atoms with Crippen LogP contribution in [0.25, 0.3) is 0 Å². The minimum absolute atomic E-state index is 0.0717. The Balaban J connectivity index is 2.12. The molecule has 1 N–H and O–H groups in total. The third-order valence-electron chi connectivity index (χ3n) is 2.97. The van der Waals surface area contributed by atoms with E-state index in [2.05, 4.69) is 5.32 Å². The van der Waals surface area contributed by atoms with Gasteiger partial charge in [0.15, 0.2) is 0 Å². The Morgan fingerprint density at radius 2 is 2.17 bits per heavy atom. The molecule has 0 unspecified atom stereocenters. The predicted octanol–water partition coefficient (Wildman–Crippen LogP) is 1.50. The molecule has 1 saturated heterocycles. The van der Waals surface area contributed by atoms with E-state index in [0.717, 1.165) is 11.1 Å². The maximum absolute atomic E-state index is 11.8. The first-order valence-electron chi connectivity index (χ1n) is 5.86. The third-order valence-corrected chi connectivity index (χ3v) is 3.32. The average molecular weight is 267 g/mol. The molecule has 0 radical (unpaired) electrons. The minimum Gasteiger partial charge on any atom is -0.347 e.